The molecule has 0 aliphatic heterocycles. The molecule has 1 amide bonds. The van der Waals surface area contributed by atoms with E-state index in [1.807, 2.05) is 6.92 Å². The molecule has 19 heavy (non-hydrogen) atoms. The SMILES string of the molecule is CCOCCCN(CC(F)(F)F)C(=O)C(C)CNC. The highest BCUT2D eigenvalue weighted by molar-refractivity contribution is 5.78. The number of hydrogen-bond donors (Lipinski definition) is 1. The molecule has 0 spiro atoms. The average Bonchev–Trinajstić information content (AvgIpc) is 2.31. The Balaban J connectivity index is 4.43. The fourth-order valence-electron chi connectivity index (χ4n) is 1.69. The van der Waals surface area contributed by atoms with Gasteiger partial charge in [0.1, 0.15) is 6.54 Å². The first-order chi connectivity index (χ1) is 8.81. The number of nitrogens with one attached hydrogen (secondary N) is 1. The highest BCUT2D eigenvalue weighted by Gasteiger charge is 2.33. The van der Waals surface area contributed by atoms with E-state index in [2.05, 4.69) is 5.32 Å². The average molecular weight is 284 g/mol. The third-order valence-corrected chi connectivity index (χ3v) is 2.53. The number of nitrogens with zero attached hydrogens (tertiary/aromatic N) is 1. The van der Waals surface area contributed by atoms with Gasteiger partial charge in [-0.3, -0.25) is 4.79 Å². The summed E-state index contributed by atoms with van der Waals surface area (Å²) in [5.41, 5.74) is 0. The van der Waals surface area contributed by atoms with Crippen LogP contribution in [0.4, 0.5) is 13.2 Å². The van der Waals surface area contributed by atoms with Crippen LogP contribution in [-0.4, -0.2) is 56.9 Å². The molecule has 0 aromatic rings. The topological polar surface area (TPSA) is 41.6 Å². The number of amides is 1. The summed E-state index contributed by atoms with van der Waals surface area (Å²) >= 11 is 0. The lowest BCUT2D eigenvalue weighted by atomic mass is 10.1. The lowest BCUT2D eigenvalue weighted by Gasteiger charge is -2.26. The predicted molar refractivity (Wildman–Crippen MR) is 66.8 cm³/mol. The van der Waals surface area contributed by atoms with Gasteiger partial charge < -0.3 is 15.0 Å². The van der Waals surface area contributed by atoms with Crippen LogP contribution in [-0.2, 0) is 9.53 Å². The Morgan fingerprint density at radius 2 is 2.05 bits per heavy atom. The minimum Gasteiger partial charge on any atom is -0.382 e. The van der Waals surface area contributed by atoms with Crippen LogP contribution in [0.3, 0.4) is 0 Å². The summed E-state index contributed by atoms with van der Waals surface area (Å²) in [6, 6.07) is 0. The maximum atomic E-state index is 12.4. The van der Waals surface area contributed by atoms with E-state index >= 15 is 0 Å². The maximum Gasteiger partial charge on any atom is 0.406 e. The number of halogens is 3. The zero-order valence-corrected chi connectivity index (χ0v) is 11.7. The fourth-order valence-corrected chi connectivity index (χ4v) is 1.69. The van der Waals surface area contributed by atoms with Gasteiger partial charge in [-0.05, 0) is 20.4 Å². The summed E-state index contributed by atoms with van der Waals surface area (Å²) in [5, 5.41) is 2.79. The molecule has 0 saturated heterocycles. The number of carbonyl (C=O) groups is 1. The van der Waals surface area contributed by atoms with Crippen molar-refractivity contribution in [1.82, 2.24) is 10.2 Å². The lowest BCUT2D eigenvalue weighted by molar-refractivity contribution is -0.163. The third-order valence-electron chi connectivity index (χ3n) is 2.53. The molecule has 0 heterocycles. The normalized spacial score (nSPS) is 13.4. The van der Waals surface area contributed by atoms with Crippen LogP contribution in [0.1, 0.15) is 20.3 Å². The zero-order chi connectivity index (χ0) is 14.9. The zero-order valence-electron chi connectivity index (χ0n) is 11.7. The predicted octanol–water partition coefficient (Wildman–Crippen LogP) is 1.66. The molecule has 0 radical (unpaired) electrons. The van der Waals surface area contributed by atoms with E-state index in [1.54, 1.807) is 14.0 Å². The molecule has 4 nitrogen and oxygen atoms in total. The Labute approximate surface area is 112 Å². The Bertz CT molecular complexity index is 260. The number of rotatable bonds is 9. The summed E-state index contributed by atoms with van der Waals surface area (Å²) in [5.74, 6) is -0.956. The summed E-state index contributed by atoms with van der Waals surface area (Å²) < 4.78 is 42.4. The minimum atomic E-state index is -4.37. The Morgan fingerprint density at radius 1 is 1.42 bits per heavy atom. The van der Waals surface area contributed by atoms with Gasteiger partial charge in [-0.1, -0.05) is 6.92 Å². The second-order valence-electron chi connectivity index (χ2n) is 4.38. The molecule has 0 aromatic carbocycles. The van der Waals surface area contributed by atoms with Gasteiger partial charge in [-0.25, -0.2) is 0 Å². The molecule has 0 aliphatic rings. The van der Waals surface area contributed by atoms with E-state index < -0.39 is 24.5 Å². The Morgan fingerprint density at radius 3 is 2.53 bits per heavy atom. The molecule has 0 bridgehead atoms. The molecule has 0 saturated carbocycles. The van der Waals surface area contributed by atoms with Crippen molar-refractivity contribution in [3.63, 3.8) is 0 Å². The molecule has 0 rings (SSSR count). The van der Waals surface area contributed by atoms with Gasteiger partial charge in [0.25, 0.3) is 0 Å². The second kappa shape index (κ2) is 9.14. The summed E-state index contributed by atoms with van der Waals surface area (Å²) in [4.78, 5) is 12.8. The molecule has 0 aliphatic carbocycles. The van der Waals surface area contributed by atoms with E-state index in [0.29, 0.717) is 26.2 Å². The Hall–Kier alpha value is -0.820. The molecule has 0 aromatic heterocycles. The summed E-state index contributed by atoms with van der Waals surface area (Å²) in [7, 11) is 1.66. The maximum absolute atomic E-state index is 12.4. The van der Waals surface area contributed by atoms with Crippen molar-refractivity contribution in [3.8, 4) is 0 Å². The van der Waals surface area contributed by atoms with Gasteiger partial charge in [-0.2, -0.15) is 13.2 Å². The van der Waals surface area contributed by atoms with Crippen LogP contribution >= 0.6 is 0 Å². The van der Waals surface area contributed by atoms with Crippen LogP contribution in [0.15, 0.2) is 0 Å². The first kappa shape index (κ1) is 18.2. The van der Waals surface area contributed by atoms with E-state index in [0.717, 1.165) is 4.90 Å². The standard InChI is InChI=1S/C12H23F3N2O2/c1-4-19-7-5-6-17(9-12(13,14)15)11(18)10(2)8-16-3/h10,16H,4-9H2,1-3H3. The van der Waals surface area contributed by atoms with Gasteiger partial charge in [0.15, 0.2) is 0 Å². The molecule has 7 heteroatoms. The first-order valence-corrected chi connectivity index (χ1v) is 6.39. The van der Waals surface area contributed by atoms with Crippen LogP contribution in [0, 0.1) is 5.92 Å². The van der Waals surface area contributed by atoms with Crippen molar-refractivity contribution >= 4 is 5.91 Å². The summed E-state index contributed by atoms with van der Waals surface area (Å²) in [6.45, 7) is 3.53. The molecule has 114 valence electrons. The molecular weight excluding hydrogens is 261 g/mol. The van der Waals surface area contributed by atoms with E-state index in [9.17, 15) is 18.0 Å². The van der Waals surface area contributed by atoms with E-state index in [1.165, 1.54) is 0 Å². The van der Waals surface area contributed by atoms with Crippen LogP contribution in [0.5, 0.6) is 0 Å². The number of carbonyl (C=O) groups excluding carboxylic acids is 1. The van der Waals surface area contributed by atoms with Crippen molar-refractivity contribution in [2.45, 2.75) is 26.4 Å². The fraction of sp³-hybridized carbons (Fsp3) is 0.917. The van der Waals surface area contributed by atoms with Crippen molar-refractivity contribution in [3.05, 3.63) is 0 Å². The number of hydrogen-bond acceptors (Lipinski definition) is 3. The summed E-state index contributed by atoms with van der Waals surface area (Å²) in [6.07, 6.45) is -3.97. The third kappa shape index (κ3) is 8.83. The van der Waals surface area contributed by atoms with Crippen LogP contribution in [0.25, 0.3) is 0 Å². The van der Waals surface area contributed by atoms with Gasteiger partial charge >= 0.3 is 6.18 Å². The number of ether oxygens (including phenoxy) is 1. The highest BCUT2D eigenvalue weighted by atomic mass is 19.4. The first-order valence-electron chi connectivity index (χ1n) is 6.39. The van der Waals surface area contributed by atoms with E-state index in [4.69, 9.17) is 4.74 Å². The molecule has 0 fully saturated rings. The lowest BCUT2D eigenvalue weighted by Crippen LogP contribution is -2.44. The van der Waals surface area contributed by atoms with Crippen molar-refractivity contribution < 1.29 is 22.7 Å². The van der Waals surface area contributed by atoms with Gasteiger partial charge in [0.2, 0.25) is 5.91 Å². The van der Waals surface area contributed by atoms with Gasteiger partial charge in [0.05, 0.1) is 0 Å². The molecule has 1 atom stereocenters. The number of alkyl halides is 3. The second-order valence-corrected chi connectivity index (χ2v) is 4.38. The largest absolute Gasteiger partial charge is 0.406 e. The van der Waals surface area contributed by atoms with Crippen molar-refractivity contribution in [2.24, 2.45) is 5.92 Å². The molecular formula is C12H23F3N2O2. The van der Waals surface area contributed by atoms with Crippen molar-refractivity contribution in [2.75, 3.05) is 39.9 Å². The van der Waals surface area contributed by atoms with Crippen LogP contribution in [0.2, 0.25) is 0 Å². The van der Waals surface area contributed by atoms with Gasteiger partial charge in [0, 0.05) is 32.2 Å². The highest BCUT2D eigenvalue weighted by Crippen LogP contribution is 2.18. The minimum absolute atomic E-state index is 0.0619. The molecule has 1 N–H and O–H groups in total. The van der Waals surface area contributed by atoms with E-state index in [-0.39, 0.29) is 6.54 Å². The molecule has 1 unspecified atom stereocenters. The van der Waals surface area contributed by atoms with Gasteiger partial charge in [-0.15, -0.1) is 0 Å². The monoisotopic (exact) mass is 284 g/mol. The quantitative estimate of drug-likeness (QED) is 0.655. The Kier molecular flexibility index (Phi) is 8.75. The van der Waals surface area contributed by atoms with Crippen LogP contribution < -0.4 is 5.32 Å². The van der Waals surface area contributed by atoms with Crippen molar-refractivity contribution in [1.29, 1.82) is 0 Å². The smallest absolute Gasteiger partial charge is 0.382 e.